The van der Waals surface area contributed by atoms with Gasteiger partial charge in [0.1, 0.15) is 0 Å². The van der Waals surface area contributed by atoms with Crippen LogP contribution < -0.4 is 26.1 Å². The van der Waals surface area contributed by atoms with Crippen LogP contribution in [0.4, 0.5) is 0 Å². The molecule has 2 aromatic heterocycles. The molecular weight excluding hydrogens is 548 g/mol. The monoisotopic (exact) mass is 573 g/mol. The van der Waals surface area contributed by atoms with Crippen LogP contribution in [-0.2, 0) is 13.1 Å². The molecule has 0 spiro atoms. The molecule has 0 aliphatic heterocycles. The summed E-state index contributed by atoms with van der Waals surface area (Å²) in [5.41, 5.74) is 5.42. The van der Waals surface area contributed by atoms with Gasteiger partial charge in [-0.05, 0) is 35.4 Å². The van der Waals surface area contributed by atoms with E-state index in [2.05, 4.69) is 0 Å². The maximum Gasteiger partial charge on any atom is 0.227 e. The number of hydrogen-bond donors (Lipinski definition) is 0. The zero-order valence-electron chi connectivity index (χ0n) is 21.2. The second kappa shape index (κ2) is 11.5. The largest absolute Gasteiger partial charge is 1.00 e. The molecule has 0 saturated carbocycles. The average Bonchev–Trinajstić information content (AvgIpc) is 2.98. The van der Waals surface area contributed by atoms with Crippen molar-refractivity contribution in [2.24, 2.45) is 0 Å². The lowest BCUT2D eigenvalue weighted by Gasteiger charge is -2.06. The fourth-order valence-electron chi connectivity index (χ4n) is 4.91. The first-order chi connectivity index (χ1) is 18.7. The zero-order chi connectivity index (χ0) is 25.9. The lowest BCUT2D eigenvalue weighted by Crippen LogP contribution is -3.00. The van der Waals surface area contributed by atoms with Gasteiger partial charge in [-0.2, -0.15) is 9.13 Å². The molecule has 4 aromatic carbocycles. The number of rotatable bonds is 7. The van der Waals surface area contributed by atoms with Crippen LogP contribution in [0.5, 0.6) is 0 Å². The van der Waals surface area contributed by atoms with Crippen molar-refractivity contribution >= 4 is 33.4 Å². The molecule has 0 N–H and O–H groups in total. The maximum absolute atomic E-state index is 13.0. The molecule has 4 nitrogen and oxygen atoms in total. The molecule has 0 atom stereocenters. The van der Waals surface area contributed by atoms with Gasteiger partial charge >= 0.3 is 0 Å². The van der Waals surface area contributed by atoms with Gasteiger partial charge in [0.2, 0.25) is 35.7 Å². The topological polar surface area (TPSA) is 41.9 Å². The molecule has 39 heavy (non-hydrogen) atoms. The maximum atomic E-state index is 13.0. The highest BCUT2D eigenvalue weighted by molar-refractivity contribution is 5.97. The summed E-state index contributed by atoms with van der Waals surface area (Å²) in [6.45, 7) is 0.568. The number of carbonyl (C=O) groups is 2. The zero-order valence-corrected chi connectivity index (χ0v) is 22.8. The van der Waals surface area contributed by atoms with Crippen LogP contribution in [-0.4, -0.2) is 11.6 Å². The number of halogens is 1. The highest BCUT2D eigenvalue weighted by Crippen LogP contribution is 2.21. The van der Waals surface area contributed by atoms with Gasteiger partial charge in [-0.1, -0.05) is 72.8 Å². The molecule has 0 aliphatic rings. The van der Waals surface area contributed by atoms with Gasteiger partial charge in [0, 0.05) is 46.2 Å². The van der Waals surface area contributed by atoms with Gasteiger partial charge in [-0.25, -0.2) is 0 Å². The molecule has 6 rings (SSSR count). The highest BCUT2D eigenvalue weighted by Gasteiger charge is 2.17. The molecule has 0 amide bonds. The van der Waals surface area contributed by atoms with E-state index in [9.17, 15) is 9.59 Å². The molecule has 0 saturated heterocycles. The van der Waals surface area contributed by atoms with Crippen molar-refractivity contribution in [3.63, 3.8) is 0 Å². The predicted molar refractivity (Wildman–Crippen MR) is 149 cm³/mol. The van der Waals surface area contributed by atoms with Crippen LogP contribution in [0.3, 0.4) is 0 Å². The van der Waals surface area contributed by atoms with E-state index in [1.54, 1.807) is 0 Å². The van der Waals surface area contributed by atoms with Crippen LogP contribution in [0, 0.1) is 0 Å². The highest BCUT2D eigenvalue weighted by atomic mass is 79.9. The van der Waals surface area contributed by atoms with E-state index in [-0.39, 0.29) is 41.6 Å². The fraction of sp³-hybridized carbons (Fsp3) is 0.0588. The van der Waals surface area contributed by atoms with Crippen LogP contribution in [0.1, 0.15) is 20.7 Å². The molecule has 2 heterocycles. The van der Waals surface area contributed by atoms with Gasteiger partial charge in [0.15, 0.2) is 12.4 Å². The van der Waals surface area contributed by atoms with E-state index < -0.39 is 0 Å². The van der Waals surface area contributed by atoms with Crippen molar-refractivity contribution in [2.75, 3.05) is 0 Å². The Bertz CT molecular complexity index is 1650. The van der Waals surface area contributed by atoms with E-state index in [4.69, 9.17) is 0 Å². The first-order valence-corrected chi connectivity index (χ1v) is 12.7. The van der Waals surface area contributed by atoms with Crippen LogP contribution in [0.2, 0.25) is 0 Å². The lowest BCUT2D eigenvalue weighted by atomic mass is 10.00. The minimum Gasteiger partial charge on any atom is -1.00 e. The number of ketones is 2. The number of Topliss-reactive ketones (excluding diaryl/α,β-unsaturated/α-hetero) is 2. The number of carbonyl (C=O) groups excluding carboxylic acids is 2. The quantitative estimate of drug-likeness (QED) is 0.218. The van der Waals surface area contributed by atoms with Crippen LogP contribution >= 0.6 is 0 Å². The Morgan fingerprint density at radius 3 is 1.23 bits per heavy atom. The minimum atomic E-state index is 0. The molecule has 0 bridgehead atoms. The van der Waals surface area contributed by atoms with E-state index >= 15 is 0 Å². The lowest BCUT2D eigenvalue weighted by molar-refractivity contribution is -0.657. The number of para-hydroxylation sites is 2. The third-order valence-corrected chi connectivity index (χ3v) is 6.95. The van der Waals surface area contributed by atoms with Crippen molar-refractivity contribution in [3.05, 3.63) is 145 Å². The molecule has 190 valence electrons. The first-order valence-electron chi connectivity index (χ1n) is 12.7. The predicted octanol–water partition coefficient (Wildman–Crippen LogP) is 3.00. The molecule has 0 fully saturated rings. The van der Waals surface area contributed by atoms with Crippen molar-refractivity contribution in [1.82, 2.24) is 0 Å². The summed E-state index contributed by atoms with van der Waals surface area (Å²) in [6, 6.07) is 39.5. The van der Waals surface area contributed by atoms with E-state index in [1.807, 2.05) is 143 Å². The molecule has 0 aliphatic carbocycles. The summed E-state index contributed by atoms with van der Waals surface area (Å²) in [5.74, 6) is 0.120. The van der Waals surface area contributed by atoms with Crippen molar-refractivity contribution in [1.29, 1.82) is 0 Å². The molecule has 5 heteroatoms. The van der Waals surface area contributed by atoms with E-state index in [1.165, 1.54) is 0 Å². The second-order valence-electron chi connectivity index (χ2n) is 9.39. The number of hydrogen-bond acceptors (Lipinski definition) is 2. The molecule has 6 aromatic rings. The van der Waals surface area contributed by atoms with Crippen molar-refractivity contribution in [3.8, 4) is 11.1 Å². The van der Waals surface area contributed by atoms with Gasteiger partial charge in [-0.3, -0.25) is 9.59 Å². The van der Waals surface area contributed by atoms with E-state index in [0.29, 0.717) is 11.1 Å². The Hall–Kier alpha value is -4.48. The summed E-state index contributed by atoms with van der Waals surface area (Å²) >= 11 is 0. The molecular formula is C34H26BrN2O2+. The number of nitrogens with zero attached hydrogens (tertiary/aromatic N) is 2. The Kier molecular flexibility index (Phi) is 7.71. The molecule has 0 unspecified atom stereocenters. The summed E-state index contributed by atoms with van der Waals surface area (Å²) in [5, 5.41) is 2.21. The summed E-state index contributed by atoms with van der Waals surface area (Å²) in [7, 11) is 0. The van der Waals surface area contributed by atoms with Crippen molar-refractivity contribution < 1.29 is 35.7 Å². The average molecular weight is 574 g/mol. The number of aromatic nitrogens is 2. The van der Waals surface area contributed by atoms with Crippen molar-refractivity contribution in [2.45, 2.75) is 13.1 Å². The normalized spacial score (nSPS) is 10.8. The Morgan fingerprint density at radius 1 is 0.462 bits per heavy atom. The number of benzene rings is 4. The van der Waals surface area contributed by atoms with Gasteiger partial charge in [0.05, 0.1) is 0 Å². The SMILES string of the molecule is O=C(C[n+]1cccc2ccccc21)c1ccc(-c2ccc(C(=O)C[n+]3cccc4ccccc43)cc2)cc1.[Br-]. The van der Waals surface area contributed by atoms with Gasteiger partial charge in [0.25, 0.3) is 0 Å². The summed E-state index contributed by atoms with van der Waals surface area (Å²) < 4.78 is 3.97. The third kappa shape index (κ3) is 5.54. The second-order valence-corrected chi connectivity index (χ2v) is 9.39. The first kappa shape index (κ1) is 26.1. The Labute approximate surface area is 237 Å². The molecule has 0 radical (unpaired) electrons. The Morgan fingerprint density at radius 2 is 0.821 bits per heavy atom. The number of pyridine rings is 2. The third-order valence-electron chi connectivity index (χ3n) is 6.95. The standard InChI is InChI=1S/C34H26N2O2.BrH/c37-33(23-35-21-5-9-27-7-1-3-11-31(27)35)29-17-13-25(14-18-29)26-15-19-30(20-16-26)34(38)24-36-22-6-10-28-8-2-4-12-32(28)36;/h1-22H,23-24H2;1H/q+2;/p-1. The van der Waals surface area contributed by atoms with Gasteiger partial charge < -0.3 is 17.0 Å². The van der Waals surface area contributed by atoms with Crippen LogP contribution in [0.15, 0.2) is 134 Å². The summed E-state index contributed by atoms with van der Waals surface area (Å²) in [6.07, 6.45) is 3.88. The Balaban J connectivity index is 0.00000308. The van der Waals surface area contributed by atoms with E-state index in [0.717, 1.165) is 32.9 Å². The summed E-state index contributed by atoms with van der Waals surface area (Å²) in [4.78, 5) is 26.0. The van der Waals surface area contributed by atoms with Gasteiger partial charge in [-0.15, -0.1) is 0 Å². The smallest absolute Gasteiger partial charge is 0.227 e. The number of fused-ring (bicyclic) bond motifs is 2. The van der Waals surface area contributed by atoms with Crippen LogP contribution in [0.25, 0.3) is 32.9 Å². The fourth-order valence-corrected chi connectivity index (χ4v) is 4.91. The minimum absolute atomic E-state index is 0.